The third-order valence-electron chi connectivity index (χ3n) is 3.00. The van der Waals surface area contributed by atoms with Gasteiger partial charge in [0.05, 0.1) is 19.9 Å². The number of aromatic nitrogens is 4. The summed E-state index contributed by atoms with van der Waals surface area (Å²) in [5.74, 6) is 0.898. The molecular formula is C13H17N7O3. The van der Waals surface area contributed by atoms with E-state index < -0.39 is 5.91 Å². The normalized spacial score (nSPS) is 11.2. The molecule has 10 heteroatoms. The number of rotatable bonds is 6. The second kappa shape index (κ2) is 7.20. The van der Waals surface area contributed by atoms with Crippen LogP contribution in [0.2, 0.25) is 0 Å². The molecule has 1 aromatic carbocycles. The number of nitrogens with two attached hydrogens (primary N) is 1. The van der Waals surface area contributed by atoms with Crippen LogP contribution in [0.3, 0.4) is 0 Å². The minimum atomic E-state index is -0.407. The van der Waals surface area contributed by atoms with Gasteiger partial charge >= 0.3 is 0 Å². The average Bonchev–Trinajstić information content (AvgIpc) is 2.96. The van der Waals surface area contributed by atoms with E-state index in [-0.39, 0.29) is 12.5 Å². The molecule has 0 atom stereocenters. The monoisotopic (exact) mass is 319 g/mol. The van der Waals surface area contributed by atoms with E-state index in [4.69, 9.17) is 15.2 Å². The van der Waals surface area contributed by atoms with E-state index in [1.54, 1.807) is 39.3 Å². The molecule has 1 aromatic heterocycles. The first-order valence-corrected chi connectivity index (χ1v) is 6.62. The van der Waals surface area contributed by atoms with E-state index in [0.717, 1.165) is 10.2 Å². The van der Waals surface area contributed by atoms with E-state index in [2.05, 4.69) is 26.1 Å². The first kappa shape index (κ1) is 16.2. The Bertz CT molecular complexity index is 726. The molecule has 0 fully saturated rings. The van der Waals surface area contributed by atoms with Crippen molar-refractivity contribution in [2.45, 2.75) is 13.5 Å². The van der Waals surface area contributed by atoms with Gasteiger partial charge in [-0.05, 0) is 29.5 Å². The van der Waals surface area contributed by atoms with E-state index >= 15 is 0 Å². The fourth-order valence-electron chi connectivity index (χ4n) is 1.80. The molecule has 0 saturated carbocycles. The molecule has 10 nitrogen and oxygen atoms in total. The van der Waals surface area contributed by atoms with Crippen LogP contribution in [0.15, 0.2) is 23.3 Å². The Balaban J connectivity index is 2.07. The van der Waals surface area contributed by atoms with Gasteiger partial charge in [-0.25, -0.2) is 10.1 Å². The lowest BCUT2D eigenvalue weighted by atomic mass is 10.1. The molecule has 0 spiro atoms. The number of carbonyl (C=O) groups is 1. The van der Waals surface area contributed by atoms with Crippen LogP contribution < -0.4 is 20.6 Å². The lowest BCUT2D eigenvalue weighted by Crippen LogP contribution is -2.25. The van der Waals surface area contributed by atoms with Crippen LogP contribution in [0, 0.1) is 0 Å². The highest BCUT2D eigenvalue weighted by Crippen LogP contribution is 2.24. The summed E-state index contributed by atoms with van der Waals surface area (Å²) >= 11 is 0. The van der Waals surface area contributed by atoms with Crippen molar-refractivity contribution in [2.24, 2.45) is 5.10 Å². The van der Waals surface area contributed by atoms with Gasteiger partial charge in [-0.1, -0.05) is 5.10 Å². The number of methoxy groups -OCH3 is 2. The van der Waals surface area contributed by atoms with Crippen LogP contribution in [-0.2, 0) is 11.3 Å². The molecule has 122 valence electrons. The van der Waals surface area contributed by atoms with Crippen LogP contribution in [0.1, 0.15) is 12.5 Å². The molecule has 0 saturated heterocycles. The number of amides is 1. The van der Waals surface area contributed by atoms with Gasteiger partial charge in [0.25, 0.3) is 5.91 Å². The van der Waals surface area contributed by atoms with E-state index in [9.17, 15) is 4.79 Å². The summed E-state index contributed by atoms with van der Waals surface area (Å²) in [6.07, 6.45) is 0. The van der Waals surface area contributed by atoms with Gasteiger partial charge in [-0.15, -0.1) is 0 Å². The predicted molar refractivity (Wildman–Crippen MR) is 82.1 cm³/mol. The quantitative estimate of drug-likeness (QED) is 0.557. The number of tetrazole rings is 1. The molecule has 3 N–H and O–H groups in total. The maximum atomic E-state index is 11.8. The number of hydrogen-bond donors (Lipinski definition) is 2. The third-order valence-corrected chi connectivity index (χ3v) is 3.00. The highest BCUT2D eigenvalue weighted by molar-refractivity contribution is 6.01. The smallest absolute Gasteiger partial charge is 0.262 e. The number of nitrogens with zero attached hydrogens (tertiary/aromatic N) is 5. The minimum Gasteiger partial charge on any atom is -0.497 e. The molecule has 1 heterocycles. The Morgan fingerprint density at radius 3 is 2.78 bits per heavy atom. The van der Waals surface area contributed by atoms with Crippen LogP contribution in [0.4, 0.5) is 5.95 Å². The van der Waals surface area contributed by atoms with Crippen LogP contribution in [-0.4, -0.2) is 46.0 Å². The summed E-state index contributed by atoms with van der Waals surface area (Å²) in [5.41, 5.74) is 9.20. The predicted octanol–water partition coefficient (Wildman–Crippen LogP) is -0.187. The third kappa shape index (κ3) is 3.93. The van der Waals surface area contributed by atoms with Crippen molar-refractivity contribution in [3.05, 3.63) is 23.8 Å². The van der Waals surface area contributed by atoms with Crippen molar-refractivity contribution in [3.8, 4) is 11.5 Å². The second-order valence-corrected chi connectivity index (χ2v) is 4.49. The largest absolute Gasteiger partial charge is 0.497 e. The summed E-state index contributed by atoms with van der Waals surface area (Å²) in [4.78, 5) is 11.8. The maximum absolute atomic E-state index is 11.8. The van der Waals surface area contributed by atoms with Crippen LogP contribution in [0.5, 0.6) is 11.5 Å². The van der Waals surface area contributed by atoms with E-state index in [1.165, 1.54) is 0 Å². The van der Waals surface area contributed by atoms with E-state index in [1.807, 2.05) is 0 Å². The molecule has 0 bridgehead atoms. The number of hydrogen-bond acceptors (Lipinski definition) is 8. The number of carbonyl (C=O) groups excluding carboxylic acids is 1. The summed E-state index contributed by atoms with van der Waals surface area (Å²) < 4.78 is 11.6. The van der Waals surface area contributed by atoms with Crippen LogP contribution >= 0.6 is 0 Å². The molecule has 23 heavy (non-hydrogen) atoms. The number of nitrogen functional groups attached to an aromatic ring is 1. The number of benzene rings is 1. The van der Waals surface area contributed by atoms with Crippen molar-refractivity contribution in [1.29, 1.82) is 0 Å². The zero-order chi connectivity index (χ0) is 16.8. The highest BCUT2D eigenvalue weighted by atomic mass is 16.5. The zero-order valence-corrected chi connectivity index (χ0v) is 13.0. The van der Waals surface area contributed by atoms with Gasteiger partial charge < -0.3 is 15.2 Å². The molecule has 0 radical (unpaired) electrons. The number of hydrazone groups is 1. The van der Waals surface area contributed by atoms with Gasteiger partial charge in [-0.3, -0.25) is 4.79 Å². The lowest BCUT2D eigenvalue weighted by molar-refractivity contribution is -0.121. The summed E-state index contributed by atoms with van der Waals surface area (Å²) in [6, 6.07) is 5.31. The van der Waals surface area contributed by atoms with Gasteiger partial charge in [0.1, 0.15) is 18.0 Å². The number of ether oxygens (including phenoxy) is 2. The van der Waals surface area contributed by atoms with Gasteiger partial charge in [0.2, 0.25) is 5.95 Å². The van der Waals surface area contributed by atoms with Crippen molar-refractivity contribution >= 4 is 17.6 Å². The van der Waals surface area contributed by atoms with Crippen molar-refractivity contribution in [2.75, 3.05) is 20.0 Å². The molecule has 0 aliphatic heterocycles. The summed E-state index contributed by atoms with van der Waals surface area (Å²) in [7, 11) is 3.12. The Morgan fingerprint density at radius 2 is 2.17 bits per heavy atom. The highest BCUT2D eigenvalue weighted by Gasteiger charge is 2.10. The molecule has 2 aromatic rings. The first-order valence-electron chi connectivity index (χ1n) is 6.62. The number of nitrogens with one attached hydrogen (secondary N) is 1. The molecule has 2 rings (SSSR count). The summed E-state index contributed by atoms with van der Waals surface area (Å²) in [5, 5.41) is 14.5. The Morgan fingerprint density at radius 1 is 1.39 bits per heavy atom. The first-order chi connectivity index (χ1) is 11.0. The van der Waals surface area contributed by atoms with Gasteiger partial charge in [0.15, 0.2) is 0 Å². The minimum absolute atomic E-state index is 0.0534. The molecule has 0 aliphatic rings. The second-order valence-electron chi connectivity index (χ2n) is 4.49. The Kier molecular flexibility index (Phi) is 5.07. The van der Waals surface area contributed by atoms with Crippen LogP contribution in [0.25, 0.3) is 0 Å². The molecule has 0 aliphatic carbocycles. The fourth-order valence-corrected chi connectivity index (χ4v) is 1.80. The Hall–Kier alpha value is -3.17. The van der Waals surface area contributed by atoms with Crippen molar-refractivity contribution < 1.29 is 14.3 Å². The summed E-state index contributed by atoms with van der Waals surface area (Å²) in [6.45, 7) is 1.62. The molecule has 0 unspecified atom stereocenters. The molecule has 1 amide bonds. The average molecular weight is 319 g/mol. The lowest BCUT2D eigenvalue weighted by Gasteiger charge is -2.10. The SMILES string of the molecule is COc1ccc(/C(C)=N\NC(=O)Cn2nnnc2N)c(OC)c1. The molecular weight excluding hydrogens is 302 g/mol. The Labute approximate surface area is 132 Å². The zero-order valence-electron chi connectivity index (χ0n) is 13.0. The maximum Gasteiger partial charge on any atom is 0.262 e. The topological polar surface area (TPSA) is 130 Å². The van der Waals surface area contributed by atoms with Gasteiger partial charge in [0, 0.05) is 11.6 Å². The van der Waals surface area contributed by atoms with Gasteiger partial charge in [-0.2, -0.15) is 5.10 Å². The van der Waals surface area contributed by atoms with E-state index in [0.29, 0.717) is 17.2 Å². The fraction of sp³-hybridized carbons (Fsp3) is 0.308. The van der Waals surface area contributed by atoms with Crippen molar-refractivity contribution in [1.82, 2.24) is 25.6 Å². The van der Waals surface area contributed by atoms with Crippen molar-refractivity contribution in [3.63, 3.8) is 0 Å². The number of anilines is 1. The standard InChI is InChI=1S/C13H17N7O3/c1-8(10-5-4-9(22-2)6-11(10)23-3)15-16-12(21)7-20-13(14)17-18-19-20/h4-6H,7H2,1-3H3,(H,16,21)(H2,14,17,19)/b15-8-.